The molecule has 0 aliphatic rings. The summed E-state index contributed by atoms with van der Waals surface area (Å²) in [4.78, 5) is 22.4. The molecule has 7 nitrogen and oxygen atoms in total. The van der Waals surface area contributed by atoms with E-state index in [1.54, 1.807) is 18.2 Å². The minimum atomic E-state index is -0.981. The van der Waals surface area contributed by atoms with Gasteiger partial charge in [-0.3, -0.25) is 4.79 Å². The Labute approximate surface area is 126 Å². The maximum atomic E-state index is 11.8. The number of nitrogens with zero attached hydrogens (tertiary/aromatic N) is 2. The third-order valence-electron chi connectivity index (χ3n) is 2.36. The van der Waals surface area contributed by atoms with Gasteiger partial charge in [-0.05, 0) is 28.1 Å². The van der Waals surface area contributed by atoms with Crippen molar-refractivity contribution in [3.63, 3.8) is 0 Å². The van der Waals surface area contributed by atoms with Gasteiger partial charge in [0.05, 0.1) is 23.0 Å². The van der Waals surface area contributed by atoms with Gasteiger partial charge in [0.15, 0.2) is 5.16 Å². The van der Waals surface area contributed by atoms with E-state index < -0.39 is 11.7 Å². The van der Waals surface area contributed by atoms with Gasteiger partial charge in [-0.2, -0.15) is 0 Å². The Morgan fingerprint density at radius 3 is 3.00 bits per heavy atom. The van der Waals surface area contributed by atoms with Crippen molar-refractivity contribution in [2.24, 2.45) is 0 Å². The minimum absolute atomic E-state index is 0.183. The molecule has 2 N–H and O–H groups in total. The highest BCUT2D eigenvalue weighted by atomic mass is 79.9. The minimum Gasteiger partial charge on any atom is -0.495 e. The van der Waals surface area contributed by atoms with Crippen LogP contribution in [-0.2, 0) is 4.79 Å². The molecule has 0 atom stereocenters. The van der Waals surface area contributed by atoms with Crippen LogP contribution in [0, 0.1) is 0 Å². The van der Waals surface area contributed by atoms with Gasteiger partial charge in [-0.15, -0.1) is 5.10 Å². The summed E-state index contributed by atoms with van der Waals surface area (Å²) >= 11 is 4.28. The number of hydrogen-bond acceptors (Lipinski definition) is 5. The smallest absolute Gasteiger partial charge is 0.348 e. The molecule has 0 bridgehead atoms. The summed E-state index contributed by atoms with van der Waals surface area (Å²) < 4.78 is 7.21. The van der Waals surface area contributed by atoms with E-state index in [4.69, 9.17) is 9.84 Å². The fourth-order valence-electron chi connectivity index (χ4n) is 1.52. The van der Waals surface area contributed by atoms with Gasteiger partial charge in [0.2, 0.25) is 0 Å². The second-order valence-corrected chi connectivity index (χ2v) is 5.44. The van der Waals surface area contributed by atoms with E-state index in [1.807, 2.05) is 0 Å². The van der Waals surface area contributed by atoms with Crippen LogP contribution in [0.15, 0.2) is 32.6 Å². The van der Waals surface area contributed by atoms with Crippen LogP contribution in [0.25, 0.3) is 5.69 Å². The molecule has 0 spiro atoms. The Morgan fingerprint density at radius 2 is 2.35 bits per heavy atom. The molecular formula is C11H10BrN3O4S. The van der Waals surface area contributed by atoms with E-state index in [2.05, 4.69) is 26.1 Å². The molecule has 2 rings (SSSR count). The molecule has 0 radical (unpaired) electrons. The van der Waals surface area contributed by atoms with Crippen molar-refractivity contribution in [2.75, 3.05) is 12.9 Å². The lowest BCUT2D eigenvalue weighted by molar-refractivity contribution is -0.133. The first kappa shape index (κ1) is 14.7. The highest BCUT2D eigenvalue weighted by Crippen LogP contribution is 2.28. The standard InChI is InChI=1S/C11H10BrN3O4S/c1-19-8-4-6(2-3-7(8)12)15-10(18)13-14-11(15)20-5-9(16)17/h2-4H,5H2,1H3,(H,13,18)(H,16,17). The Balaban J connectivity index is 2.44. The van der Waals surface area contributed by atoms with E-state index in [1.165, 1.54) is 11.7 Å². The van der Waals surface area contributed by atoms with E-state index in [-0.39, 0.29) is 10.9 Å². The molecule has 9 heteroatoms. The maximum absolute atomic E-state index is 11.8. The van der Waals surface area contributed by atoms with Crippen LogP contribution in [0.5, 0.6) is 5.75 Å². The van der Waals surface area contributed by atoms with E-state index in [0.717, 1.165) is 16.2 Å². The zero-order valence-electron chi connectivity index (χ0n) is 10.3. The molecule has 0 unspecified atom stereocenters. The zero-order chi connectivity index (χ0) is 14.7. The van der Waals surface area contributed by atoms with Crippen LogP contribution >= 0.6 is 27.7 Å². The predicted octanol–water partition coefficient (Wildman–Crippen LogP) is 1.51. The summed E-state index contributed by atoms with van der Waals surface area (Å²) in [6.07, 6.45) is 0. The quantitative estimate of drug-likeness (QED) is 0.785. The third kappa shape index (κ3) is 3.05. The molecule has 0 aliphatic carbocycles. The number of rotatable bonds is 5. The second-order valence-electron chi connectivity index (χ2n) is 3.65. The van der Waals surface area contributed by atoms with Crippen molar-refractivity contribution in [3.8, 4) is 11.4 Å². The van der Waals surface area contributed by atoms with Gasteiger partial charge >= 0.3 is 11.7 Å². The lowest BCUT2D eigenvalue weighted by Gasteiger charge is -2.08. The highest BCUT2D eigenvalue weighted by molar-refractivity contribution is 9.10. The number of aromatic nitrogens is 3. The van der Waals surface area contributed by atoms with Crippen molar-refractivity contribution >= 4 is 33.7 Å². The fraction of sp³-hybridized carbons (Fsp3) is 0.182. The molecule has 2 aromatic rings. The van der Waals surface area contributed by atoms with Gasteiger partial charge in [0.1, 0.15) is 5.75 Å². The monoisotopic (exact) mass is 359 g/mol. The van der Waals surface area contributed by atoms with Gasteiger partial charge in [0, 0.05) is 6.07 Å². The number of ether oxygens (including phenoxy) is 1. The average Bonchev–Trinajstić information content (AvgIpc) is 2.78. The third-order valence-corrected chi connectivity index (χ3v) is 3.94. The predicted molar refractivity (Wildman–Crippen MR) is 76.8 cm³/mol. The molecule has 0 saturated heterocycles. The number of thioether (sulfide) groups is 1. The van der Waals surface area contributed by atoms with Gasteiger partial charge in [0.25, 0.3) is 0 Å². The molecule has 1 aromatic carbocycles. The number of carboxylic acids is 1. The number of halogens is 1. The number of benzene rings is 1. The Hall–Kier alpha value is -1.74. The van der Waals surface area contributed by atoms with Crippen LogP contribution in [0.2, 0.25) is 0 Å². The summed E-state index contributed by atoms with van der Waals surface area (Å²) in [5, 5.41) is 15.1. The van der Waals surface area contributed by atoms with Crippen LogP contribution in [-0.4, -0.2) is 38.7 Å². The van der Waals surface area contributed by atoms with Gasteiger partial charge < -0.3 is 9.84 Å². The number of H-pyrrole nitrogens is 1. The molecule has 106 valence electrons. The molecule has 1 aromatic heterocycles. The lowest BCUT2D eigenvalue weighted by Crippen LogP contribution is -2.16. The van der Waals surface area contributed by atoms with E-state index >= 15 is 0 Å². The van der Waals surface area contributed by atoms with Gasteiger partial charge in [-0.25, -0.2) is 14.5 Å². The van der Waals surface area contributed by atoms with E-state index in [0.29, 0.717) is 11.4 Å². The SMILES string of the molecule is COc1cc(-n2c(SCC(=O)O)n[nH]c2=O)ccc1Br. The average molecular weight is 360 g/mol. The van der Waals surface area contributed by atoms with Gasteiger partial charge in [-0.1, -0.05) is 11.8 Å². The Morgan fingerprint density at radius 1 is 1.60 bits per heavy atom. The number of carbonyl (C=O) groups is 1. The zero-order valence-corrected chi connectivity index (χ0v) is 12.7. The number of nitrogens with one attached hydrogen (secondary N) is 1. The normalized spacial score (nSPS) is 10.5. The van der Waals surface area contributed by atoms with Crippen LogP contribution in [0.1, 0.15) is 0 Å². The number of methoxy groups -OCH3 is 1. The van der Waals surface area contributed by atoms with Crippen molar-refractivity contribution in [2.45, 2.75) is 5.16 Å². The maximum Gasteiger partial charge on any atom is 0.348 e. The second kappa shape index (κ2) is 6.14. The Bertz CT molecular complexity index is 697. The lowest BCUT2D eigenvalue weighted by atomic mass is 10.3. The Kier molecular flexibility index (Phi) is 4.50. The molecule has 0 amide bonds. The molecule has 20 heavy (non-hydrogen) atoms. The first-order valence-corrected chi connectivity index (χ1v) is 7.16. The number of aromatic amines is 1. The fourth-order valence-corrected chi connectivity index (χ4v) is 2.61. The molecule has 1 heterocycles. The van der Waals surface area contributed by atoms with Crippen LogP contribution < -0.4 is 10.4 Å². The number of aliphatic carboxylic acids is 1. The number of hydrogen-bond donors (Lipinski definition) is 2. The van der Waals surface area contributed by atoms with E-state index in [9.17, 15) is 9.59 Å². The number of carboxylic acid groups (broad SMARTS) is 1. The summed E-state index contributed by atoms with van der Waals surface area (Å²) in [5.74, 6) is -0.604. The van der Waals surface area contributed by atoms with Crippen LogP contribution in [0.3, 0.4) is 0 Å². The summed E-state index contributed by atoms with van der Waals surface area (Å²) in [5.41, 5.74) is 0.0963. The largest absolute Gasteiger partial charge is 0.495 e. The molecular weight excluding hydrogens is 350 g/mol. The topological polar surface area (TPSA) is 97.2 Å². The summed E-state index contributed by atoms with van der Waals surface area (Å²) in [6.45, 7) is 0. The van der Waals surface area contributed by atoms with Crippen molar-refractivity contribution in [1.82, 2.24) is 14.8 Å². The van der Waals surface area contributed by atoms with Crippen molar-refractivity contribution in [3.05, 3.63) is 33.2 Å². The highest BCUT2D eigenvalue weighted by Gasteiger charge is 2.14. The molecule has 0 fully saturated rings. The first-order valence-electron chi connectivity index (χ1n) is 5.39. The summed E-state index contributed by atoms with van der Waals surface area (Å²) in [6, 6.07) is 5.10. The van der Waals surface area contributed by atoms with Crippen molar-refractivity contribution < 1.29 is 14.6 Å². The van der Waals surface area contributed by atoms with Crippen molar-refractivity contribution in [1.29, 1.82) is 0 Å². The summed E-state index contributed by atoms with van der Waals surface area (Å²) in [7, 11) is 1.52. The van der Waals surface area contributed by atoms with Crippen LogP contribution in [0.4, 0.5) is 0 Å². The molecule has 0 aliphatic heterocycles. The first-order chi connectivity index (χ1) is 9.52. The molecule has 0 saturated carbocycles.